The Hall–Kier alpha value is -1.39. The number of carbonyl (C=O) groups is 1. The molecule has 0 saturated heterocycles. The number of aromatic nitrogens is 3. The summed E-state index contributed by atoms with van der Waals surface area (Å²) in [6.07, 6.45) is 6.81. The highest BCUT2D eigenvalue weighted by Crippen LogP contribution is 2.59. The number of ether oxygens (including phenoxy) is 1. The largest absolute Gasteiger partial charge is 0.460 e. The summed E-state index contributed by atoms with van der Waals surface area (Å²) in [4.78, 5) is 16.1. The fraction of sp³-hybridized carbons (Fsp3) is 0.800. The molecule has 108 valence electrons. The van der Waals surface area contributed by atoms with Crippen LogP contribution in [0.2, 0.25) is 0 Å². The SMILES string of the molecule is CCOC(=O)c1n[nH]c(C2C3CC4CC(C3)CC2C4)n1. The zero-order chi connectivity index (χ0) is 13.7. The van der Waals surface area contributed by atoms with Crippen molar-refractivity contribution in [1.29, 1.82) is 0 Å². The minimum Gasteiger partial charge on any atom is -0.460 e. The van der Waals surface area contributed by atoms with E-state index in [-0.39, 0.29) is 5.82 Å². The molecule has 0 amide bonds. The van der Waals surface area contributed by atoms with Crippen LogP contribution in [0.25, 0.3) is 0 Å². The minimum absolute atomic E-state index is 0.190. The van der Waals surface area contributed by atoms with E-state index in [1.165, 1.54) is 32.1 Å². The second-order valence-corrected chi connectivity index (χ2v) is 6.72. The van der Waals surface area contributed by atoms with E-state index in [9.17, 15) is 4.79 Å². The highest BCUT2D eigenvalue weighted by atomic mass is 16.5. The quantitative estimate of drug-likeness (QED) is 0.861. The maximum absolute atomic E-state index is 11.7. The molecule has 0 aromatic carbocycles. The molecule has 1 heterocycles. The van der Waals surface area contributed by atoms with Gasteiger partial charge in [-0.15, -0.1) is 5.10 Å². The summed E-state index contributed by atoms with van der Waals surface area (Å²) in [6.45, 7) is 2.16. The van der Waals surface area contributed by atoms with Gasteiger partial charge >= 0.3 is 5.97 Å². The van der Waals surface area contributed by atoms with Gasteiger partial charge in [-0.05, 0) is 62.7 Å². The fourth-order valence-electron chi connectivity index (χ4n) is 5.08. The van der Waals surface area contributed by atoms with Crippen LogP contribution in [0.4, 0.5) is 0 Å². The van der Waals surface area contributed by atoms with E-state index in [1.807, 2.05) is 0 Å². The van der Waals surface area contributed by atoms with Gasteiger partial charge in [0.25, 0.3) is 5.82 Å². The van der Waals surface area contributed by atoms with E-state index in [0.29, 0.717) is 12.5 Å². The number of nitrogens with one attached hydrogen (secondary N) is 1. The number of H-pyrrole nitrogens is 1. The molecule has 0 spiro atoms. The van der Waals surface area contributed by atoms with Crippen LogP contribution < -0.4 is 0 Å². The van der Waals surface area contributed by atoms with Crippen molar-refractivity contribution in [3.8, 4) is 0 Å². The Balaban J connectivity index is 1.57. The van der Waals surface area contributed by atoms with Crippen molar-refractivity contribution in [1.82, 2.24) is 15.2 Å². The summed E-state index contributed by atoms with van der Waals surface area (Å²) in [5, 5.41) is 7.07. The van der Waals surface area contributed by atoms with E-state index in [2.05, 4.69) is 15.2 Å². The molecule has 5 nitrogen and oxygen atoms in total. The van der Waals surface area contributed by atoms with Gasteiger partial charge in [0.15, 0.2) is 0 Å². The zero-order valence-corrected chi connectivity index (χ0v) is 11.8. The van der Waals surface area contributed by atoms with Crippen molar-refractivity contribution >= 4 is 5.97 Å². The van der Waals surface area contributed by atoms with Crippen molar-refractivity contribution in [3.63, 3.8) is 0 Å². The lowest BCUT2D eigenvalue weighted by atomic mass is 9.52. The number of hydrogen-bond donors (Lipinski definition) is 1. The predicted octanol–water partition coefficient (Wildman–Crippen LogP) is 2.52. The Bertz CT molecular complexity index is 497. The molecule has 1 aromatic rings. The van der Waals surface area contributed by atoms with Crippen molar-refractivity contribution in [2.75, 3.05) is 6.61 Å². The van der Waals surface area contributed by atoms with Crippen LogP contribution in [-0.2, 0) is 4.74 Å². The first-order valence-corrected chi connectivity index (χ1v) is 7.84. The van der Waals surface area contributed by atoms with Crippen molar-refractivity contribution in [3.05, 3.63) is 11.6 Å². The number of rotatable bonds is 3. The zero-order valence-electron chi connectivity index (χ0n) is 11.8. The minimum atomic E-state index is -0.418. The van der Waals surface area contributed by atoms with Crippen LogP contribution in [0.3, 0.4) is 0 Å². The number of esters is 1. The van der Waals surface area contributed by atoms with E-state index < -0.39 is 5.97 Å². The van der Waals surface area contributed by atoms with Gasteiger partial charge in [-0.25, -0.2) is 9.78 Å². The third kappa shape index (κ3) is 1.86. The predicted molar refractivity (Wildman–Crippen MR) is 72.1 cm³/mol. The van der Waals surface area contributed by atoms with E-state index in [1.54, 1.807) is 6.92 Å². The van der Waals surface area contributed by atoms with Crippen LogP contribution in [0, 0.1) is 23.7 Å². The molecule has 0 atom stereocenters. The van der Waals surface area contributed by atoms with Gasteiger partial charge in [0.2, 0.25) is 0 Å². The van der Waals surface area contributed by atoms with E-state index in [0.717, 1.165) is 29.5 Å². The van der Waals surface area contributed by atoms with Crippen LogP contribution in [0.1, 0.15) is 61.4 Å². The number of nitrogens with zero attached hydrogens (tertiary/aromatic N) is 2. The molecule has 1 N–H and O–H groups in total. The normalized spacial score (nSPS) is 38.1. The first kappa shape index (κ1) is 12.4. The Labute approximate surface area is 118 Å². The molecule has 4 fully saturated rings. The first-order valence-electron chi connectivity index (χ1n) is 7.84. The average Bonchev–Trinajstić information content (AvgIpc) is 2.87. The fourth-order valence-corrected chi connectivity index (χ4v) is 5.08. The molecule has 5 heteroatoms. The second kappa shape index (κ2) is 4.57. The van der Waals surface area contributed by atoms with Crippen LogP contribution in [0.5, 0.6) is 0 Å². The summed E-state index contributed by atoms with van der Waals surface area (Å²) < 4.78 is 4.96. The highest BCUT2D eigenvalue weighted by Gasteiger charge is 2.49. The van der Waals surface area contributed by atoms with Crippen molar-refractivity contribution in [2.45, 2.75) is 44.9 Å². The lowest BCUT2D eigenvalue weighted by molar-refractivity contribution is -0.00559. The molecule has 4 aliphatic carbocycles. The molecule has 0 aliphatic heterocycles. The standard InChI is InChI=1S/C15H21N3O2/c1-2-20-15(19)14-16-13(17-18-14)12-10-4-8-3-9(6-10)7-11(12)5-8/h8-12H,2-7H2,1H3,(H,16,17,18). The Morgan fingerprint density at radius 2 is 1.85 bits per heavy atom. The summed E-state index contributed by atoms with van der Waals surface area (Å²) in [6, 6.07) is 0. The van der Waals surface area contributed by atoms with Crippen LogP contribution >= 0.6 is 0 Å². The molecular weight excluding hydrogens is 254 g/mol. The third-order valence-electron chi connectivity index (χ3n) is 5.50. The number of carbonyl (C=O) groups excluding carboxylic acids is 1. The van der Waals surface area contributed by atoms with Gasteiger partial charge in [0, 0.05) is 5.92 Å². The molecule has 5 rings (SSSR count). The molecule has 4 bridgehead atoms. The first-order chi connectivity index (χ1) is 9.74. The summed E-state index contributed by atoms with van der Waals surface area (Å²) in [5.41, 5.74) is 0. The Morgan fingerprint density at radius 1 is 1.20 bits per heavy atom. The van der Waals surface area contributed by atoms with Gasteiger partial charge in [0.1, 0.15) is 5.82 Å². The molecular formula is C15H21N3O2. The maximum atomic E-state index is 11.7. The second-order valence-electron chi connectivity index (χ2n) is 6.72. The van der Waals surface area contributed by atoms with Gasteiger partial charge in [-0.3, -0.25) is 5.10 Å². The lowest BCUT2D eigenvalue weighted by Crippen LogP contribution is -2.44. The van der Waals surface area contributed by atoms with Crippen LogP contribution in [0.15, 0.2) is 0 Å². The lowest BCUT2D eigenvalue weighted by Gasteiger charge is -2.53. The molecule has 20 heavy (non-hydrogen) atoms. The van der Waals surface area contributed by atoms with Crippen LogP contribution in [-0.4, -0.2) is 27.8 Å². The van der Waals surface area contributed by atoms with Crippen molar-refractivity contribution < 1.29 is 9.53 Å². The third-order valence-corrected chi connectivity index (χ3v) is 5.50. The molecule has 4 aliphatic rings. The van der Waals surface area contributed by atoms with Gasteiger partial charge < -0.3 is 4.74 Å². The topological polar surface area (TPSA) is 67.9 Å². The Morgan fingerprint density at radius 3 is 2.45 bits per heavy atom. The molecule has 4 saturated carbocycles. The Kier molecular flexibility index (Phi) is 2.82. The van der Waals surface area contributed by atoms with Crippen molar-refractivity contribution in [2.24, 2.45) is 23.7 Å². The molecule has 0 unspecified atom stereocenters. The van der Waals surface area contributed by atoms with Gasteiger partial charge in [0.05, 0.1) is 6.61 Å². The van der Waals surface area contributed by atoms with Gasteiger partial charge in [-0.2, -0.15) is 0 Å². The maximum Gasteiger partial charge on any atom is 0.378 e. The van der Waals surface area contributed by atoms with E-state index >= 15 is 0 Å². The summed E-state index contributed by atoms with van der Waals surface area (Å²) >= 11 is 0. The number of aromatic amines is 1. The summed E-state index contributed by atoms with van der Waals surface area (Å²) in [5.74, 6) is 4.56. The monoisotopic (exact) mass is 275 g/mol. The van der Waals surface area contributed by atoms with E-state index in [4.69, 9.17) is 4.74 Å². The highest BCUT2D eigenvalue weighted by molar-refractivity contribution is 5.84. The molecule has 0 radical (unpaired) electrons. The van der Waals surface area contributed by atoms with Gasteiger partial charge in [-0.1, -0.05) is 0 Å². The number of hydrogen-bond acceptors (Lipinski definition) is 4. The molecule has 1 aromatic heterocycles. The average molecular weight is 275 g/mol. The summed E-state index contributed by atoms with van der Waals surface area (Å²) in [7, 11) is 0. The smallest absolute Gasteiger partial charge is 0.378 e.